The van der Waals surface area contributed by atoms with Crippen LogP contribution in [0.15, 0.2) is 52.2 Å². The van der Waals surface area contributed by atoms with Gasteiger partial charge < -0.3 is 14.6 Å². The molecule has 0 aliphatic heterocycles. The lowest BCUT2D eigenvalue weighted by Crippen LogP contribution is -2.37. The van der Waals surface area contributed by atoms with Crippen molar-refractivity contribution >= 4 is 29.7 Å². The highest BCUT2D eigenvalue weighted by Gasteiger charge is 2.05. The molecule has 0 saturated carbocycles. The van der Waals surface area contributed by atoms with Crippen molar-refractivity contribution in [3.63, 3.8) is 0 Å². The molecule has 0 aliphatic carbocycles. The minimum absolute atomic E-state index is 0.221. The second kappa shape index (κ2) is 9.31. The van der Waals surface area contributed by atoms with Crippen LogP contribution in [0.4, 0.5) is 5.69 Å². The third kappa shape index (κ3) is 5.41. The first-order valence-corrected chi connectivity index (χ1v) is 8.52. The number of carbonyl (C=O) groups is 2. The molecule has 146 valence electrons. The highest BCUT2D eigenvalue weighted by Crippen LogP contribution is 2.11. The summed E-state index contributed by atoms with van der Waals surface area (Å²) in [6, 6.07) is 6.83. The summed E-state index contributed by atoms with van der Waals surface area (Å²) in [5.74, 6) is -0.847. The van der Waals surface area contributed by atoms with Crippen LogP contribution in [0.1, 0.15) is 18.1 Å². The third-order valence-corrected chi connectivity index (χ3v) is 3.76. The molecular weight excluding hydrogens is 362 g/mol. The Balaban J connectivity index is 2.04. The molecule has 1 heterocycles. The molecule has 0 spiro atoms. The van der Waals surface area contributed by atoms with E-state index >= 15 is 0 Å². The maximum absolute atomic E-state index is 12.1. The summed E-state index contributed by atoms with van der Waals surface area (Å²) < 4.78 is 7.04. The van der Waals surface area contributed by atoms with Crippen LogP contribution in [0, 0.1) is 0 Å². The van der Waals surface area contributed by atoms with Gasteiger partial charge in [-0.3, -0.25) is 14.2 Å². The second-order valence-corrected chi connectivity index (χ2v) is 5.87. The van der Waals surface area contributed by atoms with E-state index in [1.165, 1.54) is 43.1 Å². The molecule has 0 aliphatic rings. The summed E-state index contributed by atoms with van der Waals surface area (Å²) in [4.78, 5) is 47.0. The number of ether oxygens (including phenoxy) is 1. The zero-order chi connectivity index (χ0) is 20.7. The lowest BCUT2D eigenvalue weighted by atomic mass is 10.2. The van der Waals surface area contributed by atoms with Gasteiger partial charge in [-0.15, -0.1) is 0 Å². The molecule has 8 nitrogen and oxygen atoms in total. The number of carbonyl (C=O) groups excluding carboxylic acids is 2. The van der Waals surface area contributed by atoms with Crippen LogP contribution in [0.5, 0.6) is 0 Å². The molecular formula is C20H21N3O5. The van der Waals surface area contributed by atoms with Gasteiger partial charge in [-0.2, -0.15) is 0 Å². The van der Waals surface area contributed by atoms with E-state index in [0.29, 0.717) is 12.3 Å². The van der Waals surface area contributed by atoms with E-state index < -0.39 is 23.1 Å². The predicted octanol–water partition coefficient (Wildman–Crippen LogP) is 1.31. The number of hydrogen-bond acceptors (Lipinski definition) is 5. The maximum Gasteiger partial charge on any atom is 0.330 e. The first-order chi connectivity index (χ1) is 13.3. The van der Waals surface area contributed by atoms with Crippen LogP contribution < -0.4 is 16.6 Å². The van der Waals surface area contributed by atoms with Gasteiger partial charge in [0, 0.05) is 38.1 Å². The number of amides is 1. The monoisotopic (exact) mass is 383 g/mol. The molecule has 0 bridgehead atoms. The Morgan fingerprint density at radius 3 is 2.39 bits per heavy atom. The number of aryl methyl sites for hydroxylation is 1. The molecule has 0 radical (unpaired) electrons. The molecule has 1 aromatic carbocycles. The molecule has 2 rings (SSSR count). The number of aromatic nitrogens is 2. The number of rotatable bonds is 6. The third-order valence-electron chi connectivity index (χ3n) is 3.76. The fourth-order valence-corrected chi connectivity index (χ4v) is 2.33. The highest BCUT2D eigenvalue weighted by atomic mass is 16.5. The summed E-state index contributed by atoms with van der Waals surface area (Å²) in [5.41, 5.74) is 0.624. The van der Waals surface area contributed by atoms with Crippen LogP contribution in [0.25, 0.3) is 12.2 Å². The van der Waals surface area contributed by atoms with Crippen LogP contribution in [-0.2, 0) is 28.4 Å². The number of nitrogens with zero attached hydrogens (tertiary/aromatic N) is 2. The Bertz CT molecular complexity index is 1040. The van der Waals surface area contributed by atoms with Crippen molar-refractivity contribution in [2.75, 3.05) is 11.9 Å². The van der Waals surface area contributed by atoms with Crippen molar-refractivity contribution in [1.82, 2.24) is 9.13 Å². The van der Waals surface area contributed by atoms with Gasteiger partial charge in [0.05, 0.1) is 12.2 Å². The number of hydrogen-bond donors (Lipinski definition) is 1. The summed E-state index contributed by atoms with van der Waals surface area (Å²) in [6.45, 7) is 2.04. The van der Waals surface area contributed by atoms with Crippen LogP contribution in [0.3, 0.4) is 0 Å². The molecule has 1 amide bonds. The van der Waals surface area contributed by atoms with E-state index in [2.05, 4.69) is 5.32 Å². The second-order valence-electron chi connectivity index (χ2n) is 5.87. The van der Waals surface area contributed by atoms with Gasteiger partial charge in [-0.25, -0.2) is 9.59 Å². The van der Waals surface area contributed by atoms with Gasteiger partial charge in [-0.1, -0.05) is 12.1 Å². The first-order valence-electron chi connectivity index (χ1n) is 8.52. The lowest BCUT2D eigenvalue weighted by Gasteiger charge is -2.04. The molecule has 8 heteroatoms. The molecule has 0 unspecified atom stereocenters. The predicted molar refractivity (Wildman–Crippen MR) is 107 cm³/mol. The number of anilines is 1. The molecule has 0 fully saturated rings. The van der Waals surface area contributed by atoms with Gasteiger partial charge in [0.25, 0.3) is 5.56 Å². The zero-order valence-corrected chi connectivity index (χ0v) is 15.8. The first kappa shape index (κ1) is 20.6. The van der Waals surface area contributed by atoms with Crippen molar-refractivity contribution < 1.29 is 14.3 Å². The topological polar surface area (TPSA) is 99.4 Å². The van der Waals surface area contributed by atoms with E-state index in [0.717, 1.165) is 10.1 Å². The fraction of sp³-hybridized carbons (Fsp3) is 0.200. The van der Waals surface area contributed by atoms with E-state index in [9.17, 15) is 19.2 Å². The Kier molecular flexibility index (Phi) is 6.86. The Labute approximate surface area is 161 Å². The van der Waals surface area contributed by atoms with Crippen LogP contribution in [-0.4, -0.2) is 27.6 Å². The molecule has 0 atom stereocenters. The Morgan fingerprint density at radius 1 is 1.07 bits per heavy atom. The minimum atomic E-state index is -0.482. The van der Waals surface area contributed by atoms with Crippen molar-refractivity contribution in [1.29, 1.82) is 0 Å². The molecule has 1 N–H and O–H groups in total. The minimum Gasteiger partial charge on any atom is -0.463 e. The van der Waals surface area contributed by atoms with Gasteiger partial charge >= 0.3 is 11.7 Å². The van der Waals surface area contributed by atoms with Crippen molar-refractivity contribution in [3.8, 4) is 0 Å². The average molecular weight is 383 g/mol. The molecule has 2 aromatic rings. The van der Waals surface area contributed by atoms with Gasteiger partial charge in [-0.05, 0) is 36.8 Å². The summed E-state index contributed by atoms with van der Waals surface area (Å²) in [5, 5.41) is 2.67. The van der Waals surface area contributed by atoms with Gasteiger partial charge in [0.15, 0.2) is 0 Å². The van der Waals surface area contributed by atoms with Crippen molar-refractivity contribution in [2.45, 2.75) is 6.92 Å². The normalized spacial score (nSPS) is 11.1. The molecule has 0 saturated heterocycles. The van der Waals surface area contributed by atoms with Crippen LogP contribution >= 0.6 is 0 Å². The van der Waals surface area contributed by atoms with E-state index in [1.807, 2.05) is 0 Å². The molecule has 28 heavy (non-hydrogen) atoms. The largest absolute Gasteiger partial charge is 0.463 e. The van der Waals surface area contributed by atoms with E-state index in [1.54, 1.807) is 37.3 Å². The van der Waals surface area contributed by atoms with E-state index in [-0.39, 0.29) is 5.56 Å². The van der Waals surface area contributed by atoms with Crippen molar-refractivity contribution in [3.05, 3.63) is 74.6 Å². The smallest absolute Gasteiger partial charge is 0.330 e. The highest BCUT2D eigenvalue weighted by molar-refractivity contribution is 6.01. The van der Waals surface area contributed by atoms with E-state index in [4.69, 9.17) is 4.74 Å². The van der Waals surface area contributed by atoms with Gasteiger partial charge in [0.2, 0.25) is 5.91 Å². The zero-order valence-electron chi connectivity index (χ0n) is 15.8. The maximum atomic E-state index is 12.1. The fourth-order valence-electron chi connectivity index (χ4n) is 2.33. The van der Waals surface area contributed by atoms with Crippen LogP contribution in [0.2, 0.25) is 0 Å². The number of nitrogens with one attached hydrogen (secondary N) is 1. The Hall–Kier alpha value is -3.68. The number of esters is 1. The summed E-state index contributed by atoms with van der Waals surface area (Å²) in [6.07, 6.45) is 6.88. The summed E-state index contributed by atoms with van der Waals surface area (Å²) in [7, 11) is 2.90. The Morgan fingerprint density at radius 2 is 1.75 bits per heavy atom. The summed E-state index contributed by atoms with van der Waals surface area (Å²) >= 11 is 0. The molecule has 1 aromatic heterocycles. The standard InChI is InChI=1S/C20H21N3O5/c1-4-28-18(25)12-7-14-5-9-16(10-6-14)21-17(24)11-8-15-13-22(2)20(27)23(3)19(15)26/h5-13H,4H2,1-3H3,(H,21,24)/b11-8+,12-7+. The van der Waals surface area contributed by atoms with Crippen molar-refractivity contribution in [2.24, 2.45) is 14.1 Å². The SMILES string of the molecule is CCOC(=O)/C=C/c1ccc(NC(=O)/C=C/c2cn(C)c(=O)n(C)c2=O)cc1. The average Bonchev–Trinajstić information content (AvgIpc) is 2.68. The van der Waals surface area contributed by atoms with Gasteiger partial charge in [0.1, 0.15) is 0 Å². The number of benzene rings is 1. The quantitative estimate of drug-likeness (QED) is 0.599. The lowest BCUT2D eigenvalue weighted by molar-refractivity contribution is -0.137.